The fourth-order valence-corrected chi connectivity index (χ4v) is 3.37. The molecule has 0 rings (SSSR count). The Kier molecular flexibility index (Phi) is 7.80. The highest BCUT2D eigenvalue weighted by molar-refractivity contribution is 14.1. The van der Waals surface area contributed by atoms with Gasteiger partial charge in [-0.1, -0.05) is 66.0 Å². The first-order chi connectivity index (χ1) is 5.97. The molecule has 1 nitrogen and oxygen atoms in total. The van der Waals surface area contributed by atoms with Gasteiger partial charge in [-0.25, -0.2) is 0 Å². The van der Waals surface area contributed by atoms with E-state index in [-0.39, 0.29) is 3.92 Å². The van der Waals surface area contributed by atoms with Crippen LogP contribution in [0.5, 0.6) is 0 Å². The Hall–Kier alpha value is 0.950. The Bertz CT molecular complexity index is 174. The summed E-state index contributed by atoms with van der Waals surface area (Å²) in [5.41, 5.74) is 0. The summed E-state index contributed by atoms with van der Waals surface area (Å²) >= 11 is 4.74. The van der Waals surface area contributed by atoms with Crippen molar-refractivity contribution in [1.29, 1.82) is 5.26 Å². The van der Waals surface area contributed by atoms with Gasteiger partial charge >= 0.3 is 0 Å². The normalized spacial score (nSPS) is 17.9. The van der Waals surface area contributed by atoms with Gasteiger partial charge in [0.2, 0.25) is 0 Å². The number of halogens is 2. The Morgan fingerprint density at radius 1 is 1.15 bits per heavy atom. The number of rotatable bonds is 5. The third-order valence-electron chi connectivity index (χ3n) is 1.98. The van der Waals surface area contributed by atoms with Crippen LogP contribution in [0.2, 0.25) is 0 Å². The number of alkyl halides is 2. The predicted octanol–water partition coefficient (Wildman–Crippen LogP) is 4.19. The lowest BCUT2D eigenvalue weighted by Gasteiger charge is -2.18. The van der Waals surface area contributed by atoms with E-state index in [0.29, 0.717) is 5.92 Å². The lowest BCUT2D eigenvalue weighted by molar-refractivity contribution is 0.494. The van der Waals surface area contributed by atoms with Crippen LogP contribution in [0.25, 0.3) is 0 Å². The minimum atomic E-state index is 0.169. The quantitative estimate of drug-likeness (QED) is 0.497. The van der Waals surface area contributed by atoms with Gasteiger partial charge < -0.3 is 0 Å². The van der Waals surface area contributed by atoms with E-state index in [2.05, 4.69) is 72.0 Å². The van der Waals surface area contributed by atoms with Crippen LogP contribution >= 0.6 is 45.2 Å². The van der Waals surface area contributed by atoms with Crippen LogP contribution in [0, 0.1) is 23.2 Å². The van der Waals surface area contributed by atoms with Crippen LogP contribution in [-0.4, -0.2) is 7.85 Å². The molecule has 0 aliphatic heterocycles. The van der Waals surface area contributed by atoms with Crippen molar-refractivity contribution in [2.24, 2.45) is 11.8 Å². The van der Waals surface area contributed by atoms with Gasteiger partial charge in [0.05, 0.1) is 6.07 Å². The SMILES string of the molecule is CC(C)CC(I)CC(C)C(I)C#N. The summed E-state index contributed by atoms with van der Waals surface area (Å²) in [6.45, 7) is 6.68. The number of nitriles is 1. The Morgan fingerprint density at radius 2 is 1.69 bits per heavy atom. The molecule has 0 N–H and O–H groups in total. The van der Waals surface area contributed by atoms with Crippen molar-refractivity contribution in [1.82, 2.24) is 0 Å². The molecule has 0 saturated carbocycles. The van der Waals surface area contributed by atoms with E-state index in [1.165, 1.54) is 12.8 Å². The Morgan fingerprint density at radius 3 is 2.08 bits per heavy atom. The molecule has 0 fully saturated rings. The lowest BCUT2D eigenvalue weighted by Crippen LogP contribution is -2.15. The van der Waals surface area contributed by atoms with E-state index in [4.69, 9.17) is 5.26 Å². The van der Waals surface area contributed by atoms with Crippen LogP contribution in [0.4, 0.5) is 0 Å². The lowest BCUT2D eigenvalue weighted by atomic mass is 9.98. The molecule has 0 heterocycles. The second-order valence-electron chi connectivity index (χ2n) is 3.97. The van der Waals surface area contributed by atoms with E-state index in [1.54, 1.807) is 0 Å². The van der Waals surface area contributed by atoms with Crippen molar-refractivity contribution in [2.45, 2.75) is 41.5 Å². The maximum absolute atomic E-state index is 8.74. The Labute approximate surface area is 109 Å². The van der Waals surface area contributed by atoms with Crippen molar-refractivity contribution < 1.29 is 0 Å². The molecule has 0 bridgehead atoms. The second kappa shape index (κ2) is 7.27. The average molecular weight is 405 g/mol. The van der Waals surface area contributed by atoms with Crippen LogP contribution in [-0.2, 0) is 0 Å². The molecule has 0 amide bonds. The molecular formula is C10H17I2N. The van der Waals surface area contributed by atoms with Gasteiger partial charge in [-0.2, -0.15) is 5.26 Å². The third kappa shape index (κ3) is 6.95. The summed E-state index contributed by atoms with van der Waals surface area (Å²) in [6.07, 6.45) is 2.43. The molecule has 3 unspecified atom stereocenters. The topological polar surface area (TPSA) is 23.8 Å². The first-order valence-corrected chi connectivity index (χ1v) is 7.14. The zero-order valence-corrected chi connectivity index (χ0v) is 12.7. The molecule has 0 aromatic carbocycles. The summed E-state index contributed by atoms with van der Waals surface area (Å²) in [6, 6.07) is 2.31. The molecule has 76 valence electrons. The van der Waals surface area contributed by atoms with E-state index in [0.717, 1.165) is 9.84 Å². The largest absolute Gasteiger partial charge is 0.197 e. The predicted molar refractivity (Wildman–Crippen MR) is 74.5 cm³/mol. The van der Waals surface area contributed by atoms with Crippen molar-refractivity contribution in [3.8, 4) is 6.07 Å². The standard InChI is InChI=1S/C10H17I2N/c1-7(2)4-9(11)5-8(3)10(12)6-13/h7-10H,4-5H2,1-3H3. The molecular weight excluding hydrogens is 388 g/mol. The highest BCUT2D eigenvalue weighted by Gasteiger charge is 2.17. The van der Waals surface area contributed by atoms with Crippen LogP contribution in [0.3, 0.4) is 0 Å². The first kappa shape index (κ1) is 13.9. The van der Waals surface area contributed by atoms with E-state index >= 15 is 0 Å². The fraction of sp³-hybridized carbons (Fsp3) is 0.900. The summed E-state index contributed by atoms with van der Waals surface area (Å²) in [5.74, 6) is 1.29. The first-order valence-electron chi connectivity index (χ1n) is 4.65. The van der Waals surface area contributed by atoms with Crippen LogP contribution in [0.15, 0.2) is 0 Å². The molecule has 0 aliphatic carbocycles. The van der Waals surface area contributed by atoms with Gasteiger partial charge in [-0.3, -0.25) is 0 Å². The molecule has 0 saturated heterocycles. The van der Waals surface area contributed by atoms with Crippen molar-refractivity contribution in [3.05, 3.63) is 0 Å². The van der Waals surface area contributed by atoms with Gasteiger partial charge in [0.1, 0.15) is 3.92 Å². The molecule has 0 aromatic rings. The molecule has 13 heavy (non-hydrogen) atoms. The van der Waals surface area contributed by atoms with Gasteiger partial charge in [0, 0.05) is 3.92 Å². The second-order valence-corrected chi connectivity index (χ2v) is 7.07. The number of hydrogen-bond donors (Lipinski definition) is 0. The van der Waals surface area contributed by atoms with Gasteiger partial charge in [0.25, 0.3) is 0 Å². The fourth-order valence-electron chi connectivity index (χ4n) is 1.26. The highest BCUT2D eigenvalue weighted by Crippen LogP contribution is 2.25. The summed E-state index contributed by atoms with van der Waals surface area (Å²) in [7, 11) is 0. The van der Waals surface area contributed by atoms with E-state index < -0.39 is 0 Å². The summed E-state index contributed by atoms with van der Waals surface area (Å²) in [5, 5.41) is 8.74. The zero-order chi connectivity index (χ0) is 10.4. The van der Waals surface area contributed by atoms with Crippen LogP contribution < -0.4 is 0 Å². The van der Waals surface area contributed by atoms with Crippen molar-refractivity contribution >= 4 is 45.2 Å². The van der Waals surface area contributed by atoms with Crippen LogP contribution in [0.1, 0.15) is 33.6 Å². The third-order valence-corrected chi connectivity index (χ3v) is 4.50. The molecule has 3 atom stereocenters. The maximum atomic E-state index is 8.74. The molecule has 0 spiro atoms. The molecule has 0 aliphatic rings. The maximum Gasteiger partial charge on any atom is 0.100 e. The van der Waals surface area contributed by atoms with Gasteiger partial charge in [-0.15, -0.1) is 0 Å². The van der Waals surface area contributed by atoms with E-state index in [9.17, 15) is 0 Å². The van der Waals surface area contributed by atoms with Gasteiger partial charge in [0.15, 0.2) is 0 Å². The highest BCUT2D eigenvalue weighted by atomic mass is 127. The average Bonchev–Trinajstić information content (AvgIpc) is 2.01. The number of hydrogen-bond acceptors (Lipinski definition) is 1. The van der Waals surface area contributed by atoms with Crippen molar-refractivity contribution in [2.75, 3.05) is 0 Å². The number of nitrogens with zero attached hydrogens (tertiary/aromatic N) is 1. The van der Waals surface area contributed by atoms with E-state index in [1.807, 2.05) is 0 Å². The summed E-state index contributed by atoms with van der Waals surface area (Å²) in [4.78, 5) is 0. The van der Waals surface area contributed by atoms with Gasteiger partial charge in [-0.05, 0) is 24.7 Å². The minimum Gasteiger partial charge on any atom is -0.197 e. The molecule has 3 heteroatoms. The Balaban J connectivity index is 3.79. The smallest absolute Gasteiger partial charge is 0.100 e. The van der Waals surface area contributed by atoms with Crippen molar-refractivity contribution in [3.63, 3.8) is 0 Å². The minimum absolute atomic E-state index is 0.169. The molecule has 0 radical (unpaired) electrons. The zero-order valence-electron chi connectivity index (χ0n) is 8.43. The summed E-state index contributed by atoms with van der Waals surface area (Å²) < 4.78 is 0.889. The molecule has 0 aromatic heterocycles. The monoisotopic (exact) mass is 405 g/mol.